The van der Waals surface area contributed by atoms with Crippen molar-refractivity contribution in [2.45, 2.75) is 6.92 Å². The molecule has 3 rings (SSSR count). The highest BCUT2D eigenvalue weighted by Gasteiger charge is 2.18. The van der Waals surface area contributed by atoms with Gasteiger partial charge in [-0.15, -0.1) is 0 Å². The highest BCUT2D eigenvalue weighted by molar-refractivity contribution is 6.08. The summed E-state index contributed by atoms with van der Waals surface area (Å²) >= 11 is 0. The predicted octanol–water partition coefficient (Wildman–Crippen LogP) is 3.71. The van der Waals surface area contributed by atoms with Crippen molar-refractivity contribution in [2.75, 3.05) is 6.61 Å². The molecule has 0 radical (unpaired) electrons. The van der Waals surface area contributed by atoms with Gasteiger partial charge in [-0.1, -0.05) is 24.8 Å². The Hall–Kier alpha value is -2.88. The third kappa shape index (κ3) is 2.19. The predicted molar refractivity (Wildman–Crippen MR) is 85.7 cm³/mol. The maximum atomic E-state index is 12.6. The fourth-order valence-corrected chi connectivity index (χ4v) is 2.45. The first-order chi connectivity index (χ1) is 10.6. The van der Waals surface area contributed by atoms with Gasteiger partial charge in [-0.3, -0.25) is 9.59 Å². The summed E-state index contributed by atoms with van der Waals surface area (Å²) in [7, 11) is 0. The Morgan fingerprint density at radius 3 is 2.73 bits per heavy atom. The SMILES string of the molecule is C=CCOc1ccc2c(=O)c3ccccc3oc2c1C(C)=O. The number of carbonyl (C=O) groups is 1. The summed E-state index contributed by atoms with van der Waals surface area (Å²) in [6.45, 7) is 5.27. The molecule has 0 fully saturated rings. The van der Waals surface area contributed by atoms with E-state index in [4.69, 9.17) is 9.15 Å². The van der Waals surface area contributed by atoms with Crippen LogP contribution in [0.4, 0.5) is 0 Å². The number of Topliss-reactive ketones (excluding diaryl/α,β-unsaturated/α-hetero) is 1. The van der Waals surface area contributed by atoms with E-state index in [0.717, 1.165) is 0 Å². The Labute approximate surface area is 126 Å². The number of rotatable bonds is 4. The van der Waals surface area contributed by atoms with Gasteiger partial charge >= 0.3 is 0 Å². The normalized spacial score (nSPS) is 10.8. The van der Waals surface area contributed by atoms with Crippen molar-refractivity contribution in [1.29, 1.82) is 0 Å². The van der Waals surface area contributed by atoms with Gasteiger partial charge in [0.25, 0.3) is 0 Å². The van der Waals surface area contributed by atoms with Gasteiger partial charge < -0.3 is 9.15 Å². The van der Waals surface area contributed by atoms with E-state index in [0.29, 0.717) is 22.1 Å². The van der Waals surface area contributed by atoms with Gasteiger partial charge in [0.1, 0.15) is 23.5 Å². The lowest BCUT2D eigenvalue weighted by molar-refractivity contribution is 0.101. The molecule has 0 aliphatic rings. The maximum absolute atomic E-state index is 12.6. The second-order valence-corrected chi connectivity index (χ2v) is 4.90. The number of hydrogen-bond donors (Lipinski definition) is 0. The lowest BCUT2D eigenvalue weighted by Gasteiger charge is -2.10. The summed E-state index contributed by atoms with van der Waals surface area (Å²) in [5.41, 5.74) is 0.831. The summed E-state index contributed by atoms with van der Waals surface area (Å²) in [4.78, 5) is 24.6. The van der Waals surface area contributed by atoms with E-state index in [1.54, 1.807) is 42.5 Å². The number of ketones is 1. The highest BCUT2D eigenvalue weighted by atomic mass is 16.5. The molecule has 1 aromatic heterocycles. The zero-order valence-electron chi connectivity index (χ0n) is 12.1. The van der Waals surface area contributed by atoms with E-state index in [1.165, 1.54) is 6.92 Å². The number of hydrogen-bond acceptors (Lipinski definition) is 4. The smallest absolute Gasteiger partial charge is 0.200 e. The van der Waals surface area contributed by atoms with Gasteiger partial charge in [0.2, 0.25) is 5.43 Å². The molecule has 0 saturated carbocycles. The zero-order chi connectivity index (χ0) is 15.7. The minimum atomic E-state index is -0.219. The van der Waals surface area contributed by atoms with Gasteiger partial charge in [-0.05, 0) is 31.2 Å². The molecular formula is C18H14O4. The summed E-state index contributed by atoms with van der Waals surface area (Å²) in [5, 5.41) is 0.860. The van der Waals surface area contributed by atoms with Crippen molar-refractivity contribution in [3.8, 4) is 5.75 Å². The monoisotopic (exact) mass is 294 g/mol. The van der Waals surface area contributed by atoms with E-state index in [1.807, 2.05) is 0 Å². The average molecular weight is 294 g/mol. The van der Waals surface area contributed by atoms with Crippen LogP contribution < -0.4 is 10.2 Å². The molecule has 1 heterocycles. The minimum Gasteiger partial charge on any atom is -0.489 e. The van der Waals surface area contributed by atoms with Crippen LogP contribution in [0.5, 0.6) is 5.75 Å². The van der Waals surface area contributed by atoms with Crippen LogP contribution in [0.2, 0.25) is 0 Å². The van der Waals surface area contributed by atoms with E-state index < -0.39 is 0 Å². The number of carbonyl (C=O) groups excluding carboxylic acids is 1. The van der Waals surface area contributed by atoms with E-state index in [-0.39, 0.29) is 29.0 Å². The molecule has 0 aliphatic heterocycles. The van der Waals surface area contributed by atoms with Crippen LogP contribution in [0.15, 0.2) is 58.3 Å². The van der Waals surface area contributed by atoms with Crippen LogP contribution in [-0.4, -0.2) is 12.4 Å². The second kappa shape index (κ2) is 5.48. The fourth-order valence-electron chi connectivity index (χ4n) is 2.45. The van der Waals surface area contributed by atoms with Gasteiger partial charge in [-0.25, -0.2) is 0 Å². The second-order valence-electron chi connectivity index (χ2n) is 4.90. The first-order valence-corrected chi connectivity index (χ1v) is 6.86. The summed E-state index contributed by atoms with van der Waals surface area (Å²) in [6, 6.07) is 10.2. The minimum absolute atomic E-state index is 0.158. The number of ether oxygens (including phenoxy) is 1. The number of benzene rings is 2. The molecule has 22 heavy (non-hydrogen) atoms. The quantitative estimate of drug-likeness (QED) is 0.418. The first-order valence-electron chi connectivity index (χ1n) is 6.86. The molecule has 0 bridgehead atoms. The summed E-state index contributed by atoms with van der Waals surface area (Å²) < 4.78 is 11.3. The highest BCUT2D eigenvalue weighted by Crippen LogP contribution is 2.29. The van der Waals surface area contributed by atoms with Gasteiger partial charge in [0.15, 0.2) is 11.4 Å². The molecular weight excluding hydrogens is 280 g/mol. The van der Waals surface area contributed by atoms with Crippen LogP contribution >= 0.6 is 0 Å². The van der Waals surface area contributed by atoms with Crippen LogP contribution in [0.3, 0.4) is 0 Å². The van der Waals surface area contributed by atoms with Crippen LogP contribution in [-0.2, 0) is 0 Å². The van der Waals surface area contributed by atoms with Crippen LogP contribution in [0.25, 0.3) is 21.9 Å². The van der Waals surface area contributed by atoms with Crippen molar-refractivity contribution < 1.29 is 13.9 Å². The maximum Gasteiger partial charge on any atom is 0.200 e. The van der Waals surface area contributed by atoms with Crippen LogP contribution in [0, 0.1) is 0 Å². The Bertz CT molecular complexity index is 950. The molecule has 0 atom stereocenters. The van der Waals surface area contributed by atoms with Crippen LogP contribution in [0.1, 0.15) is 17.3 Å². The molecule has 4 heteroatoms. The molecule has 0 aliphatic carbocycles. The lowest BCUT2D eigenvalue weighted by atomic mass is 10.0. The zero-order valence-corrected chi connectivity index (χ0v) is 12.1. The van der Waals surface area contributed by atoms with Gasteiger partial charge in [0.05, 0.1) is 10.8 Å². The molecule has 0 saturated heterocycles. The third-order valence-corrected chi connectivity index (χ3v) is 3.42. The summed E-state index contributed by atoms with van der Waals surface area (Å²) in [6.07, 6.45) is 1.59. The topological polar surface area (TPSA) is 56.5 Å². The molecule has 2 aromatic carbocycles. The van der Waals surface area contributed by atoms with E-state index >= 15 is 0 Å². The molecule has 0 amide bonds. The number of para-hydroxylation sites is 1. The number of fused-ring (bicyclic) bond motifs is 2. The molecule has 0 N–H and O–H groups in total. The standard InChI is InChI=1S/C18H14O4/c1-3-10-21-15-9-8-13-17(20)12-6-4-5-7-14(12)22-18(13)16(15)11(2)19/h3-9H,1,10H2,2H3. The van der Waals surface area contributed by atoms with Crippen molar-refractivity contribution in [3.63, 3.8) is 0 Å². The van der Waals surface area contributed by atoms with E-state index in [9.17, 15) is 9.59 Å². The lowest BCUT2D eigenvalue weighted by Crippen LogP contribution is -2.07. The Morgan fingerprint density at radius 2 is 2.00 bits per heavy atom. The van der Waals surface area contributed by atoms with Crippen molar-refractivity contribution in [1.82, 2.24) is 0 Å². The van der Waals surface area contributed by atoms with Crippen molar-refractivity contribution in [2.24, 2.45) is 0 Å². The van der Waals surface area contributed by atoms with E-state index in [2.05, 4.69) is 6.58 Å². The fraction of sp³-hybridized carbons (Fsp3) is 0.111. The van der Waals surface area contributed by atoms with Gasteiger partial charge in [0, 0.05) is 0 Å². The Morgan fingerprint density at radius 1 is 1.23 bits per heavy atom. The molecule has 0 spiro atoms. The first kappa shape index (κ1) is 14.1. The van der Waals surface area contributed by atoms with Crippen molar-refractivity contribution >= 4 is 27.7 Å². The molecule has 4 nitrogen and oxygen atoms in total. The summed E-state index contributed by atoms with van der Waals surface area (Å²) in [5.74, 6) is 0.168. The third-order valence-electron chi connectivity index (χ3n) is 3.42. The largest absolute Gasteiger partial charge is 0.489 e. The molecule has 0 unspecified atom stereocenters. The molecule has 3 aromatic rings. The van der Waals surface area contributed by atoms with Gasteiger partial charge in [-0.2, -0.15) is 0 Å². The Kier molecular flexibility index (Phi) is 3.51. The van der Waals surface area contributed by atoms with Crippen molar-refractivity contribution in [3.05, 3.63) is 64.8 Å². The Balaban J connectivity index is 2.42. The molecule has 110 valence electrons. The average Bonchev–Trinajstić information content (AvgIpc) is 2.52.